The van der Waals surface area contributed by atoms with E-state index in [2.05, 4.69) is 5.32 Å². The Hall–Kier alpha value is -1.85. The van der Waals surface area contributed by atoms with Crippen molar-refractivity contribution in [2.24, 2.45) is 0 Å². The number of para-hydroxylation sites is 1. The van der Waals surface area contributed by atoms with Crippen LogP contribution in [0.1, 0.15) is 16.8 Å². The molecule has 0 radical (unpaired) electrons. The molecule has 0 spiro atoms. The molecule has 1 amide bonds. The van der Waals surface area contributed by atoms with Gasteiger partial charge in [0, 0.05) is 25.6 Å². The van der Waals surface area contributed by atoms with Crippen molar-refractivity contribution in [3.05, 3.63) is 45.3 Å². The summed E-state index contributed by atoms with van der Waals surface area (Å²) in [6.45, 7) is 0.974. The molecule has 1 heterocycles. The monoisotopic (exact) mass is 295 g/mol. The molecule has 0 aliphatic heterocycles. The number of hydrogen-bond donors (Lipinski definition) is 1. The Labute approximate surface area is 120 Å². The third-order valence-electron chi connectivity index (χ3n) is 2.77. The number of benzene rings is 1. The normalized spacial score (nSPS) is 10.7. The molecule has 20 heavy (non-hydrogen) atoms. The quantitative estimate of drug-likeness (QED) is 0.678. The fraction of sp³-hybridized carbons (Fsp3) is 0.286. The van der Waals surface area contributed by atoms with Gasteiger partial charge in [-0.15, -0.1) is 0 Å². The summed E-state index contributed by atoms with van der Waals surface area (Å²) in [6.07, 6.45) is 0.674. The van der Waals surface area contributed by atoms with Crippen LogP contribution in [0.4, 0.5) is 0 Å². The first-order chi connectivity index (χ1) is 9.63. The first kappa shape index (κ1) is 14.6. The predicted molar refractivity (Wildman–Crippen MR) is 76.3 cm³/mol. The molecule has 0 unspecified atom stereocenters. The van der Waals surface area contributed by atoms with Crippen molar-refractivity contribution in [1.29, 1.82) is 0 Å². The van der Waals surface area contributed by atoms with E-state index in [1.165, 1.54) is 6.07 Å². The second-order valence-corrected chi connectivity index (χ2v) is 4.62. The van der Waals surface area contributed by atoms with Crippen molar-refractivity contribution in [3.8, 4) is 0 Å². The van der Waals surface area contributed by atoms with Gasteiger partial charge in [0.15, 0.2) is 5.58 Å². The van der Waals surface area contributed by atoms with E-state index in [1.807, 2.05) is 0 Å². The lowest BCUT2D eigenvalue weighted by molar-refractivity contribution is 0.0945. The van der Waals surface area contributed by atoms with Gasteiger partial charge in [0.1, 0.15) is 5.56 Å². The highest BCUT2D eigenvalue weighted by Crippen LogP contribution is 2.22. The van der Waals surface area contributed by atoms with E-state index in [0.29, 0.717) is 30.0 Å². The summed E-state index contributed by atoms with van der Waals surface area (Å²) in [5, 5.41) is 3.59. The van der Waals surface area contributed by atoms with E-state index in [4.69, 9.17) is 20.8 Å². The summed E-state index contributed by atoms with van der Waals surface area (Å²) in [4.78, 5) is 23.7. The SMILES string of the molecule is COCCCNC(=O)c1cc2cccc(Cl)c2oc1=O. The Balaban J connectivity index is 2.24. The van der Waals surface area contributed by atoms with Crippen LogP contribution in [0.15, 0.2) is 33.5 Å². The maximum atomic E-state index is 11.9. The first-order valence-electron chi connectivity index (χ1n) is 6.13. The van der Waals surface area contributed by atoms with E-state index in [1.54, 1.807) is 25.3 Å². The van der Waals surface area contributed by atoms with Crippen LogP contribution in [0.3, 0.4) is 0 Å². The minimum absolute atomic E-state index is 0.0304. The number of fused-ring (bicyclic) bond motifs is 1. The lowest BCUT2D eigenvalue weighted by Crippen LogP contribution is -2.29. The molecule has 0 saturated heterocycles. The molecule has 1 aromatic carbocycles. The molecular weight excluding hydrogens is 282 g/mol. The fourth-order valence-electron chi connectivity index (χ4n) is 1.78. The van der Waals surface area contributed by atoms with Gasteiger partial charge >= 0.3 is 5.63 Å². The van der Waals surface area contributed by atoms with Crippen LogP contribution in [0.25, 0.3) is 11.0 Å². The highest BCUT2D eigenvalue weighted by Gasteiger charge is 2.14. The zero-order valence-corrected chi connectivity index (χ0v) is 11.7. The molecule has 0 saturated carbocycles. The molecule has 1 N–H and O–H groups in total. The van der Waals surface area contributed by atoms with Crippen molar-refractivity contribution in [2.75, 3.05) is 20.3 Å². The summed E-state index contributed by atoms with van der Waals surface area (Å²) in [7, 11) is 1.59. The summed E-state index contributed by atoms with van der Waals surface area (Å²) >= 11 is 5.93. The molecule has 0 aliphatic carbocycles. The fourth-order valence-corrected chi connectivity index (χ4v) is 2.00. The van der Waals surface area contributed by atoms with Gasteiger partial charge in [0.05, 0.1) is 5.02 Å². The summed E-state index contributed by atoms with van der Waals surface area (Å²) in [5.74, 6) is -0.461. The molecule has 2 rings (SSSR count). The van der Waals surface area contributed by atoms with Crippen LogP contribution in [0, 0.1) is 0 Å². The van der Waals surface area contributed by atoms with Crippen LogP contribution in [0.5, 0.6) is 0 Å². The Morgan fingerprint density at radius 1 is 1.45 bits per heavy atom. The van der Waals surface area contributed by atoms with E-state index < -0.39 is 11.5 Å². The van der Waals surface area contributed by atoms with Crippen LogP contribution in [0.2, 0.25) is 5.02 Å². The van der Waals surface area contributed by atoms with Gasteiger partial charge in [-0.2, -0.15) is 0 Å². The molecule has 5 nitrogen and oxygen atoms in total. The molecule has 0 fully saturated rings. The van der Waals surface area contributed by atoms with Crippen molar-refractivity contribution in [1.82, 2.24) is 5.32 Å². The number of carbonyl (C=O) groups excluding carboxylic acids is 1. The average Bonchev–Trinajstić information content (AvgIpc) is 2.44. The van der Waals surface area contributed by atoms with Crippen LogP contribution in [-0.4, -0.2) is 26.2 Å². The highest BCUT2D eigenvalue weighted by molar-refractivity contribution is 6.34. The zero-order valence-electron chi connectivity index (χ0n) is 10.9. The van der Waals surface area contributed by atoms with Crippen molar-refractivity contribution < 1.29 is 13.9 Å². The number of methoxy groups -OCH3 is 1. The van der Waals surface area contributed by atoms with E-state index >= 15 is 0 Å². The number of ether oxygens (including phenoxy) is 1. The van der Waals surface area contributed by atoms with Crippen molar-refractivity contribution in [2.45, 2.75) is 6.42 Å². The zero-order chi connectivity index (χ0) is 14.5. The number of amides is 1. The van der Waals surface area contributed by atoms with Gasteiger partial charge in [-0.05, 0) is 18.6 Å². The minimum Gasteiger partial charge on any atom is -0.421 e. The largest absolute Gasteiger partial charge is 0.421 e. The first-order valence-corrected chi connectivity index (χ1v) is 6.51. The van der Waals surface area contributed by atoms with Crippen LogP contribution in [-0.2, 0) is 4.74 Å². The van der Waals surface area contributed by atoms with E-state index in [0.717, 1.165) is 0 Å². The van der Waals surface area contributed by atoms with Gasteiger partial charge in [-0.1, -0.05) is 23.7 Å². The molecule has 0 aliphatic rings. The second-order valence-electron chi connectivity index (χ2n) is 4.21. The van der Waals surface area contributed by atoms with Crippen LogP contribution >= 0.6 is 11.6 Å². The molecule has 2 aromatic rings. The van der Waals surface area contributed by atoms with Gasteiger partial charge in [0.25, 0.3) is 5.91 Å². The van der Waals surface area contributed by atoms with Crippen molar-refractivity contribution >= 4 is 28.5 Å². The maximum absolute atomic E-state index is 11.9. The van der Waals surface area contributed by atoms with Gasteiger partial charge in [-0.3, -0.25) is 4.79 Å². The molecule has 6 heteroatoms. The minimum atomic E-state index is -0.699. The predicted octanol–water partition coefficient (Wildman–Crippen LogP) is 2.21. The summed E-state index contributed by atoms with van der Waals surface area (Å²) in [6, 6.07) is 6.56. The number of carbonyl (C=O) groups is 1. The Morgan fingerprint density at radius 3 is 3.00 bits per heavy atom. The smallest absolute Gasteiger partial charge is 0.349 e. The third-order valence-corrected chi connectivity index (χ3v) is 3.07. The lowest BCUT2D eigenvalue weighted by atomic mass is 10.2. The third kappa shape index (κ3) is 3.18. The topological polar surface area (TPSA) is 68.5 Å². The number of rotatable bonds is 5. The van der Waals surface area contributed by atoms with E-state index in [-0.39, 0.29) is 11.1 Å². The summed E-state index contributed by atoms with van der Waals surface area (Å²) < 4.78 is 9.98. The molecule has 0 bridgehead atoms. The van der Waals surface area contributed by atoms with Gasteiger partial charge in [-0.25, -0.2) is 4.79 Å². The van der Waals surface area contributed by atoms with E-state index in [9.17, 15) is 9.59 Å². The summed E-state index contributed by atoms with van der Waals surface area (Å²) in [5.41, 5.74) is -0.442. The Kier molecular flexibility index (Phi) is 4.76. The molecule has 106 valence electrons. The Morgan fingerprint density at radius 2 is 2.25 bits per heavy atom. The van der Waals surface area contributed by atoms with Crippen molar-refractivity contribution in [3.63, 3.8) is 0 Å². The number of nitrogens with one attached hydrogen (secondary N) is 1. The maximum Gasteiger partial charge on any atom is 0.349 e. The molecular formula is C14H14ClNO4. The number of hydrogen-bond acceptors (Lipinski definition) is 4. The lowest BCUT2D eigenvalue weighted by Gasteiger charge is -2.05. The highest BCUT2D eigenvalue weighted by atomic mass is 35.5. The van der Waals surface area contributed by atoms with Crippen LogP contribution < -0.4 is 10.9 Å². The molecule has 1 aromatic heterocycles. The Bertz CT molecular complexity index is 680. The number of halogens is 1. The standard InChI is InChI=1S/C14H14ClNO4/c1-19-7-3-6-16-13(17)10-8-9-4-2-5-11(15)12(9)20-14(10)18/h2,4-5,8H,3,6-7H2,1H3,(H,16,17). The second kappa shape index (κ2) is 6.54. The van der Waals surface area contributed by atoms with Gasteiger partial charge in [0.2, 0.25) is 0 Å². The molecule has 0 atom stereocenters. The average molecular weight is 296 g/mol. The van der Waals surface area contributed by atoms with Gasteiger partial charge < -0.3 is 14.5 Å².